The van der Waals surface area contributed by atoms with E-state index in [1.807, 2.05) is 38.7 Å². The minimum atomic E-state index is -0.490. The number of anilines is 1. The van der Waals surface area contributed by atoms with Gasteiger partial charge in [-0.2, -0.15) is 0 Å². The molecular formula is C19H28ClN3O3. The summed E-state index contributed by atoms with van der Waals surface area (Å²) in [4.78, 5) is 21.4. The van der Waals surface area contributed by atoms with Crippen LogP contribution in [0.3, 0.4) is 0 Å². The maximum absolute atomic E-state index is 12.5. The van der Waals surface area contributed by atoms with Gasteiger partial charge in [-0.15, -0.1) is 0 Å². The van der Waals surface area contributed by atoms with E-state index in [2.05, 4.69) is 11.8 Å². The van der Waals surface area contributed by atoms with Crippen LogP contribution >= 0.6 is 11.6 Å². The van der Waals surface area contributed by atoms with Crippen LogP contribution < -0.4 is 4.90 Å². The minimum absolute atomic E-state index is 0.155. The number of rotatable bonds is 2. The molecule has 1 aromatic heterocycles. The van der Waals surface area contributed by atoms with Crippen molar-refractivity contribution in [2.24, 2.45) is 0 Å². The number of carbonyl (C=O) groups excluding carboxylic acids is 1. The molecule has 1 amide bonds. The van der Waals surface area contributed by atoms with Gasteiger partial charge >= 0.3 is 6.09 Å². The zero-order valence-electron chi connectivity index (χ0n) is 16.4. The molecule has 0 aliphatic carbocycles. The SMILES string of the molecule is COC(C)c1nc2c(cc1Cl)C[C@@H]1CN(C(=O)OC(C)(C)C)C[C@@H](C)N21. The quantitative estimate of drug-likeness (QED) is 0.779. The summed E-state index contributed by atoms with van der Waals surface area (Å²) in [5, 5.41) is 0.634. The molecular weight excluding hydrogens is 354 g/mol. The number of aromatic nitrogens is 1. The Morgan fingerprint density at radius 2 is 2.08 bits per heavy atom. The first kappa shape index (κ1) is 19.2. The average molecular weight is 382 g/mol. The summed E-state index contributed by atoms with van der Waals surface area (Å²) in [6.45, 7) is 11.0. The standard InChI is InChI=1S/C19H28ClN3O3/c1-11-9-22(18(24)26-19(3,4)5)10-14-7-13-8-15(20)16(12(2)25-6)21-17(13)23(11)14/h8,11-12,14H,7,9-10H2,1-6H3/t11-,12?,14-/m1/s1. The van der Waals surface area contributed by atoms with Gasteiger partial charge in [0.2, 0.25) is 0 Å². The van der Waals surface area contributed by atoms with E-state index in [4.69, 9.17) is 26.1 Å². The lowest BCUT2D eigenvalue weighted by Crippen LogP contribution is -2.58. The Hall–Kier alpha value is -1.53. The highest BCUT2D eigenvalue weighted by molar-refractivity contribution is 6.31. The van der Waals surface area contributed by atoms with E-state index < -0.39 is 5.60 Å². The molecule has 3 atom stereocenters. The molecule has 144 valence electrons. The first-order chi connectivity index (χ1) is 12.1. The maximum atomic E-state index is 12.5. The molecule has 6 nitrogen and oxygen atoms in total. The highest BCUT2D eigenvalue weighted by Gasteiger charge is 2.42. The van der Waals surface area contributed by atoms with E-state index in [1.54, 1.807) is 7.11 Å². The molecule has 26 heavy (non-hydrogen) atoms. The Bertz CT molecular complexity index is 704. The van der Waals surface area contributed by atoms with Crippen LogP contribution in [0.1, 0.15) is 52.0 Å². The third-order valence-electron chi connectivity index (χ3n) is 4.93. The highest BCUT2D eigenvalue weighted by atomic mass is 35.5. The van der Waals surface area contributed by atoms with Crippen LogP contribution in [0.25, 0.3) is 0 Å². The normalized spacial score (nSPS) is 23.5. The lowest BCUT2D eigenvalue weighted by Gasteiger charge is -2.43. The van der Waals surface area contributed by atoms with Gasteiger partial charge in [-0.3, -0.25) is 0 Å². The van der Waals surface area contributed by atoms with Crippen LogP contribution in [-0.2, 0) is 15.9 Å². The summed E-state index contributed by atoms with van der Waals surface area (Å²) in [5.41, 5.74) is 1.40. The number of carbonyl (C=O) groups is 1. The number of nitrogens with zero attached hydrogens (tertiary/aromatic N) is 3. The van der Waals surface area contributed by atoms with Gasteiger partial charge in [-0.1, -0.05) is 11.6 Å². The van der Waals surface area contributed by atoms with E-state index in [-0.39, 0.29) is 24.3 Å². The van der Waals surface area contributed by atoms with Crippen LogP contribution in [0.5, 0.6) is 0 Å². The second-order valence-electron chi connectivity index (χ2n) is 8.22. The monoisotopic (exact) mass is 381 g/mol. The second kappa shape index (κ2) is 6.89. The second-order valence-corrected chi connectivity index (χ2v) is 8.62. The average Bonchev–Trinajstić information content (AvgIpc) is 2.89. The largest absolute Gasteiger partial charge is 0.444 e. The number of pyridine rings is 1. The molecule has 1 unspecified atom stereocenters. The summed E-state index contributed by atoms with van der Waals surface area (Å²) in [5.74, 6) is 0.967. The van der Waals surface area contributed by atoms with Crippen LogP contribution in [0.2, 0.25) is 5.02 Å². The predicted octanol–water partition coefficient (Wildman–Crippen LogP) is 3.81. The molecule has 2 aliphatic rings. The van der Waals surface area contributed by atoms with Gasteiger partial charge in [0.05, 0.1) is 22.9 Å². The number of ether oxygens (including phenoxy) is 2. The fraction of sp³-hybridized carbons (Fsp3) is 0.684. The van der Waals surface area contributed by atoms with Crippen LogP contribution in [0, 0.1) is 0 Å². The number of methoxy groups -OCH3 is 1. The van der Waals surface area contributed by atoms with Crippen molar-refractivity contribution in [1.82, 2.24) is 9.88 Å². The molecule has 3 rings (SSSR count). The Morgan fingerprint density at radius 3 is 2.69 bits per heavy atom. The Labute approximate surface area is 160 Å². The molecule has 3 heterocycles. The molecule has 0 radical (unpaired) electrons. The fourth-order valence-electron chi connectivity index (χ4n) is 3.76. The van der Waals surface area contributed by atoms with Gasteiger partial charge in [0, 0.05) is 26.2 Å². The van der Waals surface area contributed by atoms with Gasteiger partial charge in [-0.05, 0) is 52.7 Å². The minimum Gasteiger partial charge on any atom is -0.444 e. The van der Waals surface area contributed by atoms with E-state index in [9.17, 15) is 4.79 Å². The first-order valence-corrected chi connectivity index (χ1v) is 9.47. The third-order valence-corrected chi connectivity index (χ3v) is 5.24. The number of hydrogen-bond acceptors (Lipinski definition) is 5. The lowest BCUT2D eigenvalue weighted by molar-refractivity contribution is 0.0191. The van der Waals surface area contributed by atoms with E-state index in [1.165, 1.54) is 0 Å². The molecule has 1 fully saturated rings. The molecule has 0 N–H and O–H groups in total. The van der Waals surface area contributed by atoms with Crippen molar-refractivity contribution in [1.29, 1.82) is 0 Å². The van der Waals surface area contributed by atoms with Crippen LogP contribution in [0.15, 0.2) is 6.07 Å². The molecule has 7 heteroatoms. The van der Waals surface area contributed by atoms with Gasteiger partial charge in [0.15, 0.2) is 0 Å². The summed E-state index contributed by atoms with van der Waals surface area (Å²) < 4.78 is 11.0. The van der Waals surface area contributed by atoms with E-state index in [0.717, 1.165) is 23.5 Å². The van der Waals surface area contributed by atoms with Gasteiger partial charge in [0.25, 0.3) is 0 Å². The summed E-state index contributed by atoms with van der Waals surface area (Å²) >= 11 is 6.42. The molecule has 0 saturated carbocycles. The van der Waals surface area contributed by atoms with Crippen molar-refractivity contribution >= 4 is 23.5 Å². The van der Waals surface area contributed by atoms with Crippen molar-refractivity contribution in [3.8, 4) is 0 Å². The highest BCUT2D eigenvalue weighted by Crippen LogP contribution is 2.39. The smallest absolute Gasteiger partial charge is 0.410 e. The molecule has 0 aromatic carbocycles. The molecule has 1 aromatic rings. The Morgan fingerprint density at radius 1 is 1.38 bits per heavy atom. The summed E-state index contributed by atoms with van der Waals surface area (Å²) in [6.07, 6.45) is 0.415. The summed E-state index contributed by atoms with van der Waals surface area (Å²) in [6, 6.07) is 2.34. The lowest BCUT2D eigenvalue weighted by atomic mass is 10.1. The molecule has 0 spiro atoms. The number of piperazine rings is 1. The van der Waals surface area contributed by atoms with Gasteiger partial charge < -0.3 is 19.3 Å². The maximum Gasteiger partial charge on any atom is 0.410 e. The van der Waals surface area contributed by atoms with Crippen molar-refractivity contribution in [3.05, 3.63) is 22.3 Å². The first-order valence-electron chi connectivity index (χ1n) is 9.09. The van der Waals surface area contributed by atoms with Gasteiger partial charge in [-0.25, -0.2) is 9.78 Å². The Balaban J connectivity index is 1.83. The number of hydrogen-bond donors (Lipinski definition) is 0. The summed E-state index contributed by atoms with van der Waals surface area (Å²) in [7, 11) is 1.65. The van der Waals surface area contributed by atoms with Crippen LogP contribution in [0.4, 0.5) is 10.6 Å². The topological polar surface area (TPSA) is 54.9 Å². The van der Waals surface area contributed by atoms with Crippen molar-refractivity contribution < 1.29 is 14.3 Å². The van der Waals surface area contributed by atoms with Crippen molar-refractivity contribution in [3.63, 3.8) is 0 Å². The molecule has 1 saturated heterocycles. The molecule has 0 bridgehead atoms. The van der Waals surface area contributed by atoms with Gasteiger partial charge in [0.1, 0.15) is 11.4 Å². The van der Waals surface area contributed by atoms with E-state index >= 15 is 0 Å². The van der Waals surface area contributed by atoms with Crippen molar-refractivity contribution in [2.45, 2.75) is 64.8 Å². The van der Waals surface area contributed by atoms with Crippen molar-refractivity contribution in [2.75, 3.05) is 25.1 Å². The molecule has 2 aliphatic heterocycles. The zero-order chi connectivity index (χ0) is 19.2. The number of fused-ring (bicyclic) bond motifs is 3. The Kier molecular flexibility index (Phi) is 5.10. The third kappa shape index (κ3) is 3.62. The van der Waals surface area contributed by atoms with E-state index in [0.29, 0.717) is 18.1 Å². The zero-order valence-corrected chi connectivity index (χ0v) is 17.1. The van der Waals surface area contributed by atoms with Crippen LogP contribution in [-0.4, -0.2) is 53.9 Å². The number of amides is 1. The fourth-order valence-corrected chi connectivity index (χ4v) is 4.09. The number of halogens is 1. The predicted molar refractivity (Wildman–Crippen MR) is 102 cm³/mol.